The standard InChI is InChI=1S/C30H30Cl3N3O14/c1-13(38)29(48)28(47,25(44)30(31,32)33)27(46,22(42)16(12-37)50-29)24-20(35-36-34)26(45,21(41)15-10-6-3-7-11-15)23(43)19(49-24)18(40)17(39)14-8-4-2-5-9-14/h2-11,16,18-20,22-24,37,40,42-43,45-48H,12H2,1H3/t16-,18?,19-,20+,22-,23-,24?,26+,27-,28-,29?/m1/s1. The normalized spacial score (nSPS) is 36.5. The van der Waals surface area contributed by atoms with Gasteiger partial charge in [-0.1, -0.05) is 101 Å². The third-order valence-electron chi connectivity index (χ3n) is 8.89. The molecular weight excluding hydrogens is 733 g/mol. The molecule has 2 saturated heterocycles. The molecule has 0 radical (unpaired) electrons. The fourth-order valence-corrected chi connectivity index (χ4v) is 6.72. The number of carbonyl (C=O) groups is 4. The van der Waals surface area contributed by atoms with Crippen molar-refractivity contribution in [1.29, 1.82) is 0 Å². The van der Waals surface area contributed by atoms with Gasteiger partial charge in [0.15, 0.2) is 28.6 Å². The molecule has 2 aliphatic heterocycles. The SMILES string of the molecule is CC(=O)C1(O)O[C@H](CO)[C@@H](O)[C@@](O)(C2O[C@H](C(O)C(=O)c3ccccc3)[C@@H](O)[C@@](O)(C(=O)c3ccccc3)[C@H]2N=[N+]=[N-])[C@]1(O)C(=O)C(Cl)(Cl)Cl. The van der Waals surface area contributed by atoms with Crippen molar-refractivity contribution < 1.29 is 69.5 Å². The van der Waals surface area contributed by atoms with E-state index < -0.39 is 104 Å². The smallest absolute Gasteiger partial charge is 0.267 e. The second-order valence-corrected chi connectivity index (χ2v) is 13.9. The first-order valence-corrected chi connectivity index (χ1v) is 15.6. The summed E-state index contributed by atoms with van der Waals surface area (Å²) in [6.45, 7) is -0.912. The summed E-state index contributed by atoms with van der Waals surface area (Å²) in [6, 6.07) is 10.2. The minimum absolute atomic E-state index is 0.221. The summed E-state index contributed by atoms with van der Waals surface area (Å²) >= 11 is 17.3. The van der Waals surface area contributed by atoms with Crippen molar-refractivity contribution >= 4 is 57.9 Å². The zero-order valence-corrected chi connectivity index (χ0v) is 27.8. The lowest BCUT2D eigenvalue weighted by Gasteiger charge is -2.62. The van der Waals surface area contributed by atoms with Crippen LogP contribution in [0.4, 0.5) is 0 Å². The minimum Gasteiger partial charge on any atom is -0.394 e. The summed E-state index contributed by atoms with van der Waals surface area (Å²) in [5.74, 6) is -10.9. The number of Topliss-reactive ketones (excluding diaryl/α,β-unsaturated/α-hetero) is 4. The summed E-state index contributed by atoms with van der Waals surface area (Å²) in [4.78, 5) is 56.8. The van der Waals surface area contributed by atoms with Crippen LogP contribution >= 0.6 is 34.8 Å². The number of ketones is 4. The highest BCUT2D eigenvalue weighted by Gasteiger charge is 2.83. The van der Waals surface area contributed by atoms with E-state index in [-0.39, 0.29) is 5.56 Å². The lowest BCUT2D eigenvalue weighted by atomic mass is 9.59. The second-order valence-electron chi connectivity index (χ2n) is 11.7. The van der Waals surface area contributed by atoms with Gasteiger partial charge in [0.05, 0.1) is 6.61 Å². The number of hydrogen-bond acceptors (Lipinski definition) is 15. The Balaban J connectivity index is 2.12. The van der Waals surface area contributed by atoms with Crippen molar-refractivity contribution in [3.8, 4) is 0 Å². The number of aliphatic hydroxyl groups is 8. The highest BCUT2D eigenvalue weighted by Crippen LogP contribution is 2.54. The van der Waals surface area contributed by atoms with Crippen LogP contribution in [0.15, 0.2) is 65.8 Å². The molecule has 20 heteroatoms. The lowest BCUT2D eigenvalue weighted by molar-refractivity contribution is -0.410. The van der Waals surface area contributed by atoms with Crippen molar-refractivity contribution in [2.45, 2.75) is 76.0 Å². The fraction of sp³-hybridized carbons (Fsp3) is 0.467. The molecule has 270 valence electrons. The first kappa shape index (κ1) is 39.7. The maximum absolute atomic E-state index is 14.1. The molecule has 0 amide bonds. The first-order valence-electron chi connectivity index (χ1n) is 14.4. The zero-order valence-electron chi connectivity index (χ0n) is 25.5. The van der Waals surface area contributed by atoms with E-state index in [0.29, 0.717) is 6.92 Å². The number of hydrogen-bond donors (Lipinski definition) is 8. The Morgan fingerprint density at radius 3 is 1.92 bits per heavy atom. The van der Waals surface area contributed by atoms with Crippen molar-refractivity contribution in [2.24, 2.45) is 5.11 Å². The Kier molecular flexibility index (Phi) is 11.2. The molecule has 11 atom stereocenters. The minimum atomic E-state index is -4.46. The van der Waals surface area contributed by atoms with Gasteiger partial charge in [-0.05, 0) is 5.53 Å². The van der Waals surface area contributed by atoms with Gasteiger partial charge < -0.3 is 50.3 Å². The lowest BCUT2D eigenvalue weighted by Crippen LogP contribution is -2.90. The predicted octanol–water partition coefficient (Wildman–Crippen LogP) is -0.917. The van der Waals surface area contributed by atoms with Crippen LogP contribution in [0.3, 0.4) is 0 Å². The van der Waals surface area contributed by atoms with Gasteiger partial charge in [-0.15, -0.1) is 0 Å². The van der Waals surface area contributed by atoms with Crippen molar-refractivity contribution in [2.75, 3.05) is 6.61 Å². The molecule has 8 N–H and O–H groups in total. The third kappa shape index (κ3) is 5.92. The van der Waals surface area contributed by atoms with Crippen LogP contribution in [0, 0.1) is 0 Å². The molecule has 0 bridgehead atoms. The molecule has 2 fully saturated rings. The molecule has 50 heavy (non-hydrogen) atoms. The molecule has 4 rings (SSSR count). The van der Waals surface area contributed by atoms with Crippen molar-refractivity contribution in [3.05, 3.63) is 82.2 Å². The van der Waals surface area contributed by atoms with Gasteiger partial charge in [-0.2, -0.15) is 0 Å². The fourth-order valence-electron chi connectivity index (χ4n) is 6.31. The Hall–Kier alpha value is -3.10. The predicted molar refractivity (Wildman–Crippen MR) is 169 cm³/mol. The van der Waals surface area contributed by atoms with Gasteiger partial charge >= 0.3 is 0 Å². The molecule has 2 heterocycles. The number of benzene rings is 2. The van der Waals surface area contributed by atoms with Crippen LogP contribution in [-0.2, 0) is 19.1 Å². The summed E-state index contributed by atoms with van der Waals surface area (Å²) in [6.07, 6.45) is -16.4. The Bertz CT molecular complexity index is 1700. The summed E-state index contributed by atoms with van der Waals surface area (Å²) in [5, 5.41) is 96.3. The van der Waals surface area contributed by atoms with Crippen molar-refractivity contribution in [3.63, 3.8) is 0 Å². The Morgan fingerprint density at radius 1 is 0.940 bits per heavy atom. The molecule has 3 unspecified atom stereocenters. The van der Waals surface area contributed by atoms with E-state index in [1.54, 1.807) is 0 Å². The quantitative estimate of drug-likeness (QED) is 0.0478. The molecular formula is C30H30Cl3N3O14. The summed E-state index contributed by atoms with van der Waals surface area (Å²) in [7, 11) is 0. The van der Waals surface area contributed by atoms with Crippen LogP contribution in [0.1, 0.15) is 27.6 Å². The molecule has 0 aliphatic carbocycles. The number of ether oxygens (including phenoxy) is 2. The van der Waals surface area contributed by atoms with Crippen LogP contribution in [-0.4, -0.2) is 140 Å². The molecule has 2 aromatic carbocycles. The monoisotopic (exact) mass is 761 g/mol. The number of carbonyl (C=O) groups excluding carboxylic acids is 4. The summed E-state index contributed by atoms with van der Waals surface area (Å²) < 4.78 is 7.29. The van der Waals surface area contributed by atoms with E-state index >= 15 is 0 Å². The number of alkyl halides is 3. The van der Waals surface area contributed by atoms with Gasteiger partial charge in [-0.25, -0.2) is 0 Å². The zero-order chi connectivity index (χ0) is 37.6. The Labute approximate surface area is 296 Å². The molecule has 0 aromatic heterocycles. The van der Waals surface area contributed by atoms with Crippen molar-refractivity contribution in [1.82, 2.24) is 0 Å². The number of aliphatic hydroxyl groups excluding tert-OH is 4. The van der Waals surface area contributed by atoms with Crippen LogP contribution in [0.2, 0.25) is 0 Å². The second kappa shape index (κ2) is 14.1. The first-order chi connectivity index (χ1) is 23.2. The van der Waals surface area contributed by atoms with E-state index in [1.165, 1.54) is 48.5 Å². The average molecular weight is 763 g/mol. The number of halogens is 3. The number of nitrogens with zero attached hydrogens (tertiary/aromatic N) is 3. The maximum atomic E-state index is 14.1. The average Bonchev–Trinajstić information content (AvgIpc) is 3.10. The largest absolute Gasteiger partial charge is 0.394 e. The summed E-state index contributed by atoms with van der Waals surface area (Å²) in [5.41, 5.74) is -3.31. The number of azide groups is 1. The Morgan fingerprint density at radius 2 is 1.46 bits per heavy atom. The van der Waals surface area contributed by atoms with E-state index in [9.17, 15) is 65.6 Å². The molecule has 0 spiro atoms. The van der Waals surface area contributed by atoms with Gasteiger partial charge in [0.1, 0.15) is 42.7 Å². The third-order valence-corrected chi connectivity index (χ3v) is 9.40. The van der Waals surface area contributed by atoms with Crippen LogP contribution in [0.5, 0.6) is 0 Å². The van der Waals surface area contributed by atoms with E-state index in [2.05, 4.69) is 10.0 Å². The van der Waals surface area contributed by atoms with E-state index in [4.69, 9.17) is 44.3 Å². The topological polar surface area (TPSA) is 297 Å². The molecule has 17 nitrogen and oxygen atoms in total. The van der Waals surface area contributed by atoms with Gasteiger partial charge in [-0.3, -0.25) is 19.2 Å². The molecule has 2 aromatic rings. The van der Waals surface area contributed by atoms with Gasteiger partial charge in [0.25, 0.3) is 9.58 Å². The van der Waals surface area contributed by atoms with Crippen LogP contribution < -0.4 is 0 Å². The molecule has 2 aliphatic rings. The number of rotatable bonds is 10. The molecule has 0 saturated carbocycles. The van der Waals surface area contributed by atoms with E-state index in [0.717, 1.165) is 12.1 Å². The van der Waals surface area contributed by atoms with E-state index in [1.807, 2.05) is 0 Å². The maximum Gasteiger partial charge on any atom is 0.267 e. The highest BCUT2D eigenvalue weighted by atomic mass is 35.6. The van der Waals surface area contributed by atoms with Gasteiger partial charge in [0, 0.05) is 23.0 Å². The highest BCUT2D eigenvalue weighted by molar-refractivity contribution is 6.77. The van der Waals surface area contributed by atoms with Crippen LogP contribution in [0.25, 0.3) is 10.4 Å². The van der Waals surface area contributed by atoms with Gasteiger partial charge in [0.2, 0.25) is 11.4 Å².